The third-order valence-electron chi connectivity index (χ3n) is 4.27. The molecular weight excluding hydrogens is 327 g/mol. The smallest absolute Gasteiger partial charge is 0.276 e. The molecule has 24 heavy (non-hydrogen) atoms. The number of hydrogen-bond acceptors (Lipinski definition) is 4. The van der Waals surface area contributed by atoms with Gasteiger partial charge in [-0.05, 0) is 30.4 Å². The number of nitrogens with zero attached hydrogens (tertiary/aromatic N) is 2. The normalized spacial score (nSPS) is 17.4. The van der Waals surface area contributed by atoms with Gasteiger partial charge in [0.25, 0.3) is 5.91 Å². The minimum Gasteiger partial charge on any atom is -0.355 e. The average molecular weight is 342 g/mol. The van der Waals surface area contributed by atoms with Crippen molar-refractivity contribution in [1.82, 2.24) is 10.1 Å². The number of carbonyl (C=O) groups excluding carboxylic acids is 1. The van der Waals surface area contributed by atoms with E-state index in [1.54, 1.807) is 29.2 Å². The minimum absolute atomic E-state index is 0.215. The topological polar surface area (TPSA) is 46.3 Å². The highest BCUT2D eigenvalue weighted by molar-refractivity contribution is 7.13. The molecule has 1 amide bonds. The van der Waals surface area contributed by atoms with Crippen LogP contribution < -0.4 is 0 Å². The molecule has 3 heterocycles. The van der Waals surface area contributed by atoms with Crippen LogP contribution in [0, 0.1) is 5.82 Å². The highest BCUT2D eigenvalue weighted by Crippen LogP contribution is 2.35. The van der Waals surface area contributed by atoms with Gasteiger partial charge in [0.15, 0.2) is 11.5 Å². The van der Waals surface area contributed by atoms with Crippen molar-refractivity contribution in [3.05, 3.63) is 64.9 Å². The quantitative estimate of drug-likeness (QED) is 0.703. The lowest BCUT2D eigenvalue weighted by Gasteiger charge is -2.24. The van der Waals surface area contributed by atoms with Crippen LogP contribution in [-0.2, 0) is 0 Å². The Labute approximate surface area is 142 Å². The first-order chi connectivity index (χ1) is 11.7. The fourth-order valence-electron chi connectivity index (χ4n) is 3.14. The lowest BCUT2D eigenvalue weighted by molar-refractivity contribution is 0.0723. The van der Waals surface area contributed by atoms with Gasteiger partial charge in [0.05, 0.1) is 10.9 Å². The van der Waals surface area contributed by atoms with E-state index in [9.17, 15) is 9.18 Å². The van der Waals surface area contributed by atoms with Crippen molar-refractivity contribution >= 4 is 17.2 Å². The molecule has 0 saturated carbocycles. The number of benzene rings is 1. The zero-order chi connectivity index (χ0) is 16.5. The van der Waals surface area contributed by atoms with Crippen molar-refractivity contribution < 1.29 is 13.7 Å². The van der Waals surface area contributed by atoms with Gasteiger partial charge in [-0.25, -0.2) is 4.39 Å². The second-order valence-corrected chi connectivity index (χ2v) is 6.68. The van der Waals surface area contributed by atoms with Gasteiger partial charge in [-0.2, -0.15) is 0 Å². The van der Waals surface area contributed by atoms with Gasteiger partial charge in [0.1, 0.15) is 5.82 Å². The van der Waals surface area contributed by atoms with Gasteiger partial charge < -0.3 is 9.42 Å². The van der Waals surface area contributed by atoms with E-state index in [2.05, 4.69) is 5.16 Å². The molecule has 4 nitrogen and oxygen atoms in total. The molecule has 1 aromatic carbocycles. The van der Waals surface area contributed by atoms with Gasteiger partial charge >= 0.3 is 0 Å². The molecule has 0 N–H and O–H groups in total. The molecule has 1 aliphatic heterocycles. The second-order valence-electron chi connectivity index (χ2n) is 5.73. The second kappa shape index (κ2) is 6.20. The van der Waals surface area contributed by atoms with Crippen LogP contribution in [-0.4, -0.2) is 22.5 Å². The summed E-state index contributed by atoms with van der Waals surface area (Å²) < 4.78 is 19.4. The standard InChI is InChI=1S/C18H15FN2O2S/c19-13-6-2-1-5-12(13)15-7-3-9-21(15)18(22)14-11-16(23-20-14)17-8-4-10-24-17/h1-2,4-6,8,10-11,15H,3,7,9H2. The predicted octanol–water partition coefficient (Wildman–Crippen LogP) is 4.52. The van der Waals surface area contributed by atoms with Crippen molar-refractivity contribution in [2.45, 2.75) is 18.9 Å². The van der Waals surface area contributed by atoms with Crippen LogP contribution in [0.4, 0.5) is 4.39 Å². The fraction of sp³-hybridized carbons (Fsp3) is 0.222. The van der Waals surface area contributed by atoms with E-state index in [1.165, 1.54) is 17.4 Å². The van der Waals surface area contributed by atoms with Gasteiger partial charge in [0, 0.05) is 18.2 Å². The fourth-order valence-corrected chi connectivity index (χ4v) is 3.81. The van der Waals surface area contributed by atoms with Gasteiger partial charge in [-0.1, -0.05) is 29.4 Å². The van der Waals surface area contributed by atoms with Crippen LogP contribution in [0.5, 0.6) is 0 Å². The van der Waals surface area contributed by atoms with Crippen molar-refractivity contribution in [3.63, 3.8) is 0 Å². The molecule has 122 valence electrons. The summed E-state index contributed by atoms with van der Waals surface area (Å²) in [6, 6.07) is 11.9. The molecule has 4 rings (SSSR count). The average Bonchev–Trinajstić information content (AvgIpc) is 3.34. The maximum atomic E-state index is 14.1. The Morgan fingerprint density at radius 1 is 1.29 bits per heavy atom. The number of amides is 1. The van der Waals surface area contributed by atoms with E-state index >= 15 is 0 Å². The molecule has 0 aliphatic carbocycles. The first kappa shape index (κ1) is 15.1. The maximum absolute atomic E-state index is 14.1. The Bertz CT molecular complexity index is 860. The summed E-state index contributed by atoms with van der Waals surface area (Å²) in [6.45, 7) is 0.596. The minimum atomic E-state index is -0.276. The van der Waals surface area contributed by atoms with Crippen LogP contribution in [0.25, 0.3) is 10.6 Å². The van der Waals surface area contributed by atoms with Crippen LogP contribution >= 0.6 is 11.3 Å². The third kappa shape index (κ3) is 2.63. The largest absolute Gasteiger partial charge is 0.355 e. The molecule has 1 unspecified atom stereocenters. The summed E-state index contributed by atoms with van der Waals surface area (Å²) in [5.41, 5.74) is 0.826. The maximum Gasteiger partial charge on any atom is 0.276 e. The molecule has 3 aromatic rings. The third-order valence-corrected chi connectivity index (χ3v) is 5.16. The van der Waals surface area contributed by atoms with Crippen molar-refractivity contribution in [3.8, 4) is 10.6 Å². The summed E-state index contributed by atoms with van der Waals surface area (Å²) in [7, 11) is 0. The van der Waals surface area contributed by atoms with Crippen LogP contribution in [0.1, 0.15) is 34.9 Å². The van der Waals surface area contributed by atoms with E-state index in [4.69, 9.17) is 4.52 Å². The lowest BCUT2D eigenvalue weighted by Crippen LogP contribution is -2.31. The monoisotopic (exact) mass is 342 g/mol. The van der Waals surface area contributed by atoms with Gasteiger partial charge in [0.2, 0.25) is 0 Å². The summed E-state index contributed by atoms with van der Waals surface area (Å²) in [5.74, 6) is 0.0870. The van der Waals surface area contributed by atoms with E-state index in [0.717, 1.165) is 17.7 Å². The van der Waals surface area contributed by atoms with E-state index in [0.29, 0.717) is 17.9 Å². The number of thiophene rings is 1. The molecular formula is C18H15FN2O2S. The van der Waals surface area contributed by atoms with Gasteiger partial charge in [-0.3, -0.25) is 4.79 Å². The number of carbonyl (C=O) groups is 1. The molecule has 0 radical (unpaired) electrons. The van der Waals surface area contributed by atoms with Crippen LogP contribution in [0.3, 0.4) is 0 Å². The number of aromatic nitrogens is 1. The first-order valence-electron chi connectivity index (χ1n) is 7.80. The van der Waals surface area contributed by atoms with E-state index in [1.807, 2.05) is 17.5 Å². The lowest BCUT2D eigenvalue weighted by atomic mass is 10.0. The molecule has 1 atom stereocenters. The molecule has 1 aliphatic rings. The summed E-state index contributed by atoms with van der Waals surface area (Å²) in [4.78, 5) is 15.4. The molecule has 1 saturated heterocycles. The summed E-state index contributed by atoms with van der Waals surface area (Å²) in [5, 5.41) is 5.85. The van der Waals surface area contributed by atoms with Crippen molar-refractivity contribution in [2.24, 2.45) is 0 Å². The summed E-state index contributed by atoms with van der Waals surface area (Å²) in [6.07, 6.45) is 1.60. The number of likely N-dealkylation sites (tertiary alicyclic amines) is 1. The predicted molar refractivity (Wildman–Crippen MR) is 89.2 cm³/mol. The van der Waals surface area contributed by atoms with Crippen molar-refractivity contribution in [2.75, 3.05) is 6.54 Å². The van der Waals surface area contributed by atoms with Crippen LogP contribution in [0.2, 0.25) is 0 Å². The Kier molecular flexibility index (Phi) is 3.90. The molecule has 1 fully saturated rings. The molecule has 2 aromatic heterocycles. The summed E-state index contributed by atoms with van der Waals surface area (Å²) >= 11 is 1.52. The highest BCUT2D eigenvalue weighted by atomic mass is 32.1. The zero-order valence-electron chi connectivity index (χ0n) is 12.8. The Morgan fingerprint density at radius 2 is 2.17 bits per heavy atom. The first-order valence-corrected chi connectivity index (χ1v) is 8.68. The van der Waals surface area contributed by atoms with E-state index < -0.39 is 0 Å². The Hall–Kier alpha value is -2.47. The molecule has 6 heteroatoms. The molecule has 0 bridgehead atoms. The SMILES string of the molecule is O=C(c1cc(-c2cccs2)on1)N1CCCC1c1ccccc1F. The Balaban J connectivity index is 1.61. The number of halogens is 1. The number of hydrogen-bond donors (Lipinski definition) is 0. The Morgan fingerprint density at radius 3 is 2.96 bits per heavy atom. The van der Waals surface area contributed by atoms with E-state index in [-0.39, 0.29) is 23.5 Å². The van der Waals surface area contributed by atoms with Crippen molar-refractivity contribution in [1.29, 1.82) is 0 Å². The number of rotatable bonds is 3. The van der Waals surface area contributed by atoms with Crippen LogP contribution in [0.15, 0.2) is 52.4 Å². The zero-order valence-corrected chi connectivity index (χ0v) is 13.6. The highest BCUT2D eigenvalue weighted by Gasteiger charge is 2.33. The molecule has 0 spiro atoms. The van der Waals surface area contributed by atoms with Gasteiger partial charge in [-0.15, -0.1) is 11.3 Å².